The molecule has 1 heterocycles. The molecule has 0 aromatic carbocycles. The van der Waals surface area contributed by atoms with Crippen LogP contribution in [0.4, 0.5) is 18.0 Å². The minimum Gasteiger partial charge on any atom is -0.329 e. The van der Waals surface area contributed by atoms with Gasteiger partial charge in [0.05, 0.1) is 6.04 Å². The van der Waals surface area contributed by atoms with Crippen molar-refractivity contribution in [3.05, 3.63) is 0 Å². The van der Waals surface area contributed by atoms with Crippen molar-refractivity contribution in [3.8, 4) is 0 Å². The molecule has 3 N–H and O–H groups in total. The zero-order valence-corrected chi connectivity index (χ0v) is 10.5. The third-order valence-electron chi connectivity index (χ3n) is 2.76. The van der Waals surface area contributed by atoms with Crippen molar-refractivity contribution in [1.82, 2.24) is 20.9 Å². The third-order valence-corrected chi connectivity index (χ3v) is 2.76. The number of nitrogens with one attached hydrogen (secondary N) is 3. The number of alkyl halides is 3. The van der Waals surface area contributed by atoms with E-state index in [1.807, 2.05) is 10.2 Å². The van der Waals surface area contributed by atoms with E-state index >= 15 is 0 Å². The second-order valence-electron chi connectivity index (χ2n) is 4.25. The average molecular weight is 282 g/mol. The van der Waals surface area contributed by atoms with Crippen molar-refractivity contribution in [2.75, 3.05) is 32.7 Å². The second-order valence-corrected chi connectivity index (χ2v) is 4.25. The first-order valence-corrected chi connectivity index (χ1v) is 5.90. The molecule has 0 bridgehead atoms. The summed E-state index contributed by atoms with van der Waals surface area (Å²) < 4.78 is 35.6. The fourth-order valence-electron chi connectivity index (χ4n) is 1.68. The van der Waals surface area contributed by atoms with Gasteiger partial charge in [-0.15, -0.1) is 0 Å². The van der Waals surface area contributed by atoms with E-state index in [9.17, 15) is 22.8 Å². The van der Waals surface area contributed by atoms with Crippen LogP contribution in [0.15, 0.2) is 0 Å². The summed E-state index contributed by atoms with van der Waals surface area (Å²) in [5.41, 5.74) is 0. The molecule has 3 amide bonds. The van der Waals surface area contributed by atoms with Crippen molar-refractivity contribution in [2.24, 2.45) is 0 Å². The number of hydrogen-bond donors (Lipinski definition) is 3. The smallest absolute Gasteiger partial charge is 0.329 e. The Bertz CT molecular complexity index is 329. The van der Waals surface area contributed by atoms with Crippen LogP contribution >= 0.6 is 0 Å². The van der Waals surface area contributed by atoms with Gasteiger partial charge in [-0.05, 0) is 6.92 Å². The van der Waals surface area contributed by atoms with Gasteiger partial charge in [0, 0.05) is 26.2 Å². The van der Waals surface area contributed by atoms with Crippen LogP contribution in [0.1, 0.15) is 6.92 Å². The first-order chi connectivity index (χ1) is 8.79. The van der Waals surface area contributed by atoms with Crippen LogP contribution in [0.2, 0.25) is 0 Å². The molecular formula is C10H17F3N4O2. The lowest BCUT2D eigenvalue weighted by atomic mass is 10.2. The fourth-order valence-corrected chi connectivity index (χ4v) is 1.68. The summed E-state index contributed by atoms with van der Waals surface area (Å²) in [7, 11) is 0. The molecule has 1 unspecified atom stereocenters. The summed E-state index contributed by atoms with van der Waals surface area (Å²) in [5.74, 6) is -0.610. The molecule has 1 aliphatic rings. The van der Waals surface area contributed by atoms with Crippen LogP contribution < -0.4 is 16.0 Å². The van der Waals surface area contributed by atoms with E-state index in [0.717, 1.165) is 13.1 Å². The van der Waals surface area contributed by atoms with Crippen LogP contribution in [-0.4, -0.2) is 61.8 Å². The highest BCUT2D eigenvalue weighted by atomic mass is 19.4. The molecule has 1 rings (SSSR count). The summed E-state index contributed by atoms with van der Waals surface area (Å²) in [5, 5.41) is 6.59. The summed E-state index contributed by atoms with van der Waals surface area (Å²) in [6.07, 6.45) is -4.50. The zero-order valence-electron chi connectivity index (χ0n) is 10.5. The molecule has 0 aliphatic carbocycles. The van der Waals surface area contributed by atoms with Gasteiger partial charge in [0.1, 0.15) is 6.54 Å². The standard InChI is InChI=1S/C10H17F3N4O2/c1-7(17-4-2-14-3-5-17)8(18)16-9(19)15-6-10(11,12)13/h7,14H,2-6H2,1H3,(H2,15,16,18,19). The Morgan fingerprint density at radius 2 is 1.89 bits per heavy atom. The SMILES string of the molecule is CC(C(=O)NC(=O)NCC(F)(F)F)N1CCNCC1. The molecule has 0 saturated carbocycles. The molecule has 0 spiro atoms. The molecule has 19 heavy (non-hydrogen) atoms. The monoisotopic (exact) mass is 282 g/mol. The van der Waals surface area contributed by atoms with E-state index in [1.54, 1.807) is 12.2 Å². The van der Waals surface area contributed by atoms with E-state index in [1.165, 1.54) is 0 Å². The van der Waals surface area contributed by atoms with Gasteiger partial charge in [0.15, 0.2) is 0 Å². The van der Waals surface area contributed by atoms with E-state index in [4.69, 9.17) is 0 Å². The van der Waals surface area contributed by atoms with Gasteiger partial charge in [0.25, 0.3) is 0 Å². The molecular weight excluding hydrogens is 265 g/mol. The summed E-state index contributed by atoms with van der Waals surface area (Å²) in [6, 6.07) is -1.69. The molecule has 6 nitrogen and oxygen atoms in total. The lowest BCUT2D eigenvalue weighted by Crippen LogP contribution is -2.55. The van der Waals surface area contributed by atoms with Crippen LogP contribution in [0, 0.1) is 0 Å². The maximum Gasteiger partial charge on any atom is 0.405 e. The van der Waals surface area contributed by atoms with Crippen molar-refractivity contribution in [2.45, 2.75) is 19.1 Å². The van der Waals surface area contributed by atoms with Crippen LogP contribution in [-0.2, 0) is 4.79 Å². The number of hydrogen-bond acceptors (Lipinski definition) is 4. The highest BCUT2D eigenvalue weighted by Gasteiger charge is 2.29. The van der Waals surface area contributed by atoms with E-state index in [0.29, 0.717) is 13.1 Å². The predicted octanol–water partition coefficient (Wildman–Crippen LogP) is -0.332. The van der Waals surface area contributed by atoms with Gasteiger partial charge in [-0.2, -0.15) is 13.2 Å². The van der Waals surface area contributed by atoms with Crippen molar-refractivity contribution in [1.29, 1.82) is 0 Å². The Labute approximate surface area is 108 Å². The Morgan fingerprint density at radius 3 is 2.42 bits per heavy atom. The number of piperazine rings is 1. The Kier molecular flexibility index (Phi) is 5.55. The van der Waals surface area contributed by atoms with Gasteiger partial charge < -0.3 is 10.6 Å². The normalized spacial score (nSPS) is 18.7. The molecule has 0 aromatic heterocycles. The van der Waals surface area contributed by atoms with Crippen LogP contribution in [0.5, 0.6) is 0 Å². The van der Waals surface area contributed by atoms with Gasteiger partial charge in [-0.25, -0.2) is 4.79 Å². The molecule has 110 valence electrons. The quantitative estimate of drug-likeness (QED) is 0.662. The number of halogens is 3. The molecule has 1 atom stereocenters. The van der Waals surface area contributed by atoms with Crippen LogP contribution in [0.3, 0.4) is 0 Å². The molecule has 1 saturated heterocycles. The maximum atomic E-state index is 11.9. The lowest BCUT2D eigenvalue weighted by Gasteiger charge is -2.31. The van der Waals surface area contributed by atoms with Crippen LogP contribution in [0.25, 0.3) is 0 Å². The molecule has 0 radical (unpaired) electrons. The summed E-state index contributed by atoms with van der Waals surface area (Å²) >= 11 is 0. The van der Waals surface area contributed by atoms with Crippen molar-refractivity contribution < 1.29 is 22.8 Å². The van der Waals surface area contributed by atoms with E-state index in [2.05, 4.69) is 5.32 Å². The largest absolute Gasteiger partial charge is 0.405 e. The fraction of sp³-hybridized carbons (Fsp3) is 0.800. The highest BCUT2D eigenvalue weighted by Crippen LogP contribution is 2.11. The lowest BCUT2D eigenvalue weighted by molar-refractivity contribution is -0.127. The average Bonchev–Trinajstić information content (AvgIpc) is 2.35. The number of carbonyl (C=O) groups is 2. The minimum atomic E-state index is -4.50. The Hall–Kier alpha value is -1.35. The summed E-state index contributed by atoms with van der Waals surface area (Å²) in [6.45, 7) is 2.92. The number of nitrogens with zero attached hydrogens (tertiary/aromatic N) is 1. The Balaban J connectivity index is 2.34. The predicted molar refractivity (Wildman–Crippen MR) is 61.5 cm³/mol. The van der Waals surface area contributed by atoms with E-state index in [-0.39, 0.29) is 0 Å². The molecule has 9 heteroatoms. The zero-order chi connectivity index (χ0) is 14.5. The number of imide groups is 1. The molecule has 0 aromatic rings. The molecule has 1 aliphatic heterocycles. The third kappa shape index (κ3) is 5.88. The molecule has 1 fully saturated rings. The van der Waals surface area contributed by atoms with Crippen molar-refractivity contribution in [3.63, 3.8) is 0 Å². The van der Waals surface area contributed by atoms with Crippen molar-refractivity contribution >= 4 is 11.9 Å². The number of amides is 3. The van der Waals surface area contributed by atoms with Gasteiger partial charge >= 0.3 is 12.2 Å². The number of rotatable bonds is 3. The minimum absolute atomic E-state index is 0.557. The highest BCUT2D eigenvalue weighted by molar-refractivity contribution is 5.96. The number of urea groups is 1. The topological polar surface area (TPSA) is 73.5 Å². The first-order valence-electron chi connectivity index (χ1n) is 5.90. The maximum absolute atomic E-state index is 11.9. The van der Waals surface area contributed by atoms with Gasteiger partial charge in [0.2, 0.25) is 5.91 Å². The number of carbonyl (C=O) groups excluding carboxylic acids is 2. The van der Waals surface area contributed by atoms with Gasteiger partial charge in [-0.3, -0.25) is 15.0 Å². The second kappa shape index (κ2) is 6.71. The first kappa shape index (κ1) is 15.7. The summed E-state index contributed by atoms with van der Waals surface area (Å²) in [4.78, 5) is 24.6. The van der Waals surface area contributed by atoms with Gasteiger partial charge in [-0.1, -0.05) is 0 Å². The Morgan fingerprint density at radius 1 is 1.32 bits per heavy atom. The van der Waals surface area contributed by atoms with E-state index < -0.39 is 30.7 Å².